The molecule has 0 fully saturated rings. The standard InChI is InChI=1S/C11H14FNO5S/c1-7(13-19(16,17)6-11(14)15)8-3-4-10(18-2)9(12)5-8/h3-5,7,13H,6H2,1-2H3,(H,14,15). The van der Waals surface area contributed by atoms with E-state index in [2.05, 4.69) is 4.72 Å². The van der Waals surface area contributed by atoms with Gasteiger partial charge in [0.1, 0.15) is 0 Å². The fourth-order valence-electron chi connectivity index (χ4n) is 1.49. The highest BCUT2D eigenvalue weighted by molar-refractivity contribution is 7.90. The number of methoxy groups -OCH3 is 1. The molecular formula is C11H14FNO5S. The van der Waals surface area contributed by atoms with Crippen molar-refractivity contribution in [3.63, 3.8) is 0 Å². The molecule has 19 heavy (non-hydrogen) atoms. The normalized spacial score (nSPS) is 13.0. The molecule has 6 nitrogen and oxygen atoms in total. The highest BCUT2D eigenvalue weighted by Crippen LogP contribution is 2.22. The zero-order chi connectivity index (χ0) is 14.6. The molecule has 0 aromatic heterocycles. The van der Waals surface area contributed by atoms with Crippen LogP contribution in [-0.2, 0) is 14.8 Å². The summed E-state index contributed by atoms with van der Waals surface area (Å²) in [6.07, 6.45) is 0. The number of sulfonamides is 1. The van der Waals surface area contributed by atoms with Crippen LogP contribution in [0.5, 0.6) is 5.75 Å². The number of carbonyl (C=O) groups is 1. The Labute approximate surface area is 110 Å². The average molecular weight is 291 g/mol. The van der Waals surface area contributed by atoms with Gasteiger partial charge in [0.2, 0.25) is 10.0 Å². The maximum atomic E-state index is 13.5. The number of hydrogen-bond acceptors (Lipinski definition) is 4. The number of benzene rings is 1. The average Bonchev–Trinajstić information content (AvgIpc) is 2.26. The summed E-state index contributed by atoms with van der Waals surface area (Å²) < 4.78 is 43.2. The van der Waals surface area contributed by atoms with Crippen molar-refractivity contribution < 1.29 is 27.4 Å². The van der Waals surface area contributed by atoms with Gasteiger partial charge >= 0.3 is 5.97 Å². The lowest BCUT2D eigenvalue weighted by Crippen LogP contribution is -2.32. The molecule has 8 heteroatoms. The fraction of sp³-hybridized carbons (Fsp3) is 0.364. The van der Waals surface area contributed by atoms with Gasteiger partial charge in [-0.05, 0) is 24.6 Å². The van der Waals surface area contributed by atoms with E-state index in [1.54, 1.807) is 0 Å². The van der Waals surface area contributed by atoms with E-state index in [0.29, 0.717) is 5.56 Å². The number of hydrogen-bond donors (Lipinski definition) is 2. The van der Waals surface area contributed by atoms with Gasteiger partial charge in [-0.2, -0.15) is 0 Å². The van der Waals surface area contributed by atoms with E-state index < -0.39 is 33.6 Å². The van der Waals surface area contributed by atoms with Gasteiger partial charge in [-0.3, -0.25) is 4.79 Å². The Balaban J connectivity index is 2.87. The number of ether oxygens (including phenoxy) is 1. The van der Waals surface area contributed by atoms with E-state index in [1.165, 1.54) is 26.2 Å². The maximum Gasteiger partial charge on any atom is 0.320 e. The Kier molecular flexibility index (Phi) is 4.84. The van der Waals surface area contributed by atoms with E-state index in [0.717, 1.165) is 6.07 Å². The van der Waals surface area contributed by atoms with Crippen molar-refractivity contribution in [2.24, 2.45) is 0 Å². The molecule has 0 bridgehead atoms. The number of rotatable bonds is 6. The van der Waals surface area contributed by atoms with Gasteiger partial charge in [0.15, 0.2) is 17.3 Å². The lowest BCUT2D eigenvalue weighted by atomic mass is 10.1. The van der Waals surface area contributed by atoms with Crippen LogP contribution in [0.4, 0.5) is 4.39 Å². The van der Waals surface area contributed by atoms with Gasteiger partial charge in [-0.1, -0.05) is 6.07 Å². The van der Waals surface area contributed by atoms with Crippen LogP contribution in [0.15, 0.2) is 18.2 Å². The molecule has 0 saturated heterocycles. The fourth-order valence-corrected chi connectivity index (χ4v) is 2.58. The lowest BCUT2D eigenvalue weighted by Gasteiger charge is -2.14. The Morgan fingerprint density at radius 3 is 2.63 bits per heavy atom. The summed E-state index contributed by atoms with van der Waals surface area (Å²) in [6, 6.07) is 3.25. The second kappa shape index (κ2) is 5.98. The molecule has 0 saturated carbocycles. The van der Waals surface area contributed by atoms with Gasteiger partial charge in [0.25, 0.3) is 0 Å². The van der Waals surface area contributed by atoms with E-state index in [9.17, 15) is 17.6 Å². The predicted molar refractivity (Wildman–Crippen MR) is 65.9 cm³/mol. The molecule has 2 N–H and O–H groups in total. The Morgan fingerprint density at radius 1 is 1.53 bits per heavy atom. The van der Waals surface area contributed by atoms with Gasteiger partial charge in [-0.15, -0.1) is 0 Å². The minimum atomic E-state index is -3.96. The van der Waals surface area contributed by atoms with Crippen molar-refractivity contribution in [3.05, 3.63) is 29.6 Å². The van der Waals surface area contributed by atoms with Crippen molar-refractivity contribution in [3.8, 4) is 5.75 Å². The molecule has 0 aliphatic carbocycles. The summed E-state index contributed by atoms with van der Waals surface area (Å²) in [5.74, 6) is -3.06. The molecule has 0 heterocycles. The van der Waals surface area contributed by atoms with E-state index in [1.807, 2.05) is 0 Å². The smallest absolute Gasteiger partial charge is 0.320 e. The first kappa shape index (κ1) is 15.4. The first-order valence-corrected chi connectivity index (χ1v) is 6.95. The molecule has 1 aromatic rings. The first-order valence-electron chi connectivity index (χ1n) is 5.30. The van der Waals surface area contributed by atoms with Crippen molar-refractivity contribution >= 4 is 16.0 Å². The number of nitrogens with one attached hydrogen (secondary N) is 1. The molecular weight excluding hydrogens is 277 g/mol. The number of halogens is 1. The van der Waals surface area contributed by atoms with E-state index >= 15 is 0 Å². The van der Waals surface area contributed by atoms with Gasteiger partial charge in [0.05, 0.1) is 7.11 Å². The lowest BCUT2D eigenvalue weighted by molar-refractivity contribution is -0.134. The van der Waals surface area contributed by atoms with E-state index in [-0.39, 0.29) is 5.75 Å². The molecule has 106 valence electrons. The largest absolute Gasteiger partial charge is 0.494 e. The molecule has 1 unspecified atom stereocenters. The second-order valence-corrected chi connectivity index (χ2v) is 5.64. The van der Waals surface area contributed by atoms with Gasteiger partial charge in [-0.25, -0.2) is 17.5 Å². The summed E-state index contributed by atoms with van der Waals surface area (Å²) in [7, 11) is -2.64. The van der Waals surface area contributed by atoms with Crippen LogP contribution in [-0.4, -0.2) is 32.4 Å². The van der Waals surface area contributed by atoms with Crippen LogP contribution in [0.25, 0.3) is 0 Å². The van der Waals surface area contributed by atoms with Crippen LogP contribution in [0.2, 0.25) is 0 Å². The van der Waals surface area contributed by atoms with Crippen LogP contribution in [0, 0.1) is 5.82 Å². The molecule has 0 aliphatic rings. The number of carboxylic acid groups (broad SMARTS) is 1. The summed E-state index contributed by atoms with van der Waals surface area (Å²) in [5, 5.41) is 8.45. The third kappa shape index (κ3) is 4.49. The van der Waals surface area contributed by atoms with Crippen molar-refractivity contribution in [1.29, 1.82) is 0 Å². The quantitative estimate of drug-likeness (QED) is 0.812. The van der Waals surface area contributed by atoms with Crippen molar-refractivity contribution in [2.45, 2.75) is 13.0 Å². The minimum Gasteiger partial charge on any atom is -0.494 e. The van der Waals surface area contributed by atoms with Crippen LogP contribution in [0.1, 0.15) is 18.5 Å². The molecule has 1 atom stereocenters. The Bertz CT molecular complexity index is 572. The van der Waals surface area contributed by atoms with E-state index in [4.69, 9.17) is 9.84 Å². The number of aliphatic carboxylic acids is 1. The highest BCUT2D eigenvalue weighted by atomic mass is 32.2. The summed E-state index contributed by atoms with van der Waals surface area (Å²) in [6.45, 7) is 1.49. The summed E-state index contributed by atoms with van der Waals surface area (Å²) in [5.41, 5.74) is 0.368. The SMILES string of the molecule is COc1ccc(C(C)NS(=O)(=O)CC(=O)O)cc1F. The molecule has 0 radical (unpaired) electrons. The van der Waals surface area contributed by atoms with Crippen LogP contribution >= 0.6 is 0 Å². The zero-order valence-electron chi connectivity index (χ0n) is 10.4. The topological polar surface area (TPSA) is 92.7 Å². The predicted octanol–water partition coefficient (Wildman–Crippen LogP) is 0.899. The molecule has 1 rings (SSSR count). The van der Waals surface area contributed by atoms with Crippen LogP contribution in [0.3, 0.4) is 0 Å². The Morgan fingerprint density at radius 2 is 2.16 bits per heavy atom. The summed E-state index contributed by atoms with van der Waals surface area (Å²) in [4.78, 5) is 10.4. The van der Waals surface area contributed by atoms with Gasteiger partial charge in [0, 0.05) is 6.04 Å². The Hall–Kier alpha value is -1.67. The third-order valence-corrected chi connectivity index (χ3v) is 3.69. The number of carboxylic acids is 1. The summed E-state index contributed by atoms with van der Waals surface area (Å²) >= 11 is 0. The second-order valence-electron chi connectivity index (χ2n) is 3.89. The van der Waals surface area contributed by atoms with Crippen LogP contribution < -0.4 is 9.46 Å². The molecule has 1 aromatic carbocycles. The minimum absolute atomic E-state index is 0.0457. The molecule has 0 aliphatic heterocycles. The highest BCUT2D eigenvalue weighted by Gasteiger charge is 2.20. The third-order valence-electron chi connectivity index (χ3n) is 2.35. The zero-order valence-corrected chi connectivity index (χ0v) is 11.2. The molecule has 0 amide bonds. The molecule has 0 spiro atoms. The van der Waals surface area contributed by atoms with Crippen molar-refractivity contribution in [1.82, 2.24) is 4.72 Å². The maximum absolute atomic E-state index is 13.5. The van der Waals surface area contributed by atoms with Gasteiger partial charge < -0.3 is 9.84 Å². The van der Waals surface area contributed by atoms with Crippen molar-refractivity contribution in [2.75, 3.05) is 12.9 Å². The monoisotopic (exact) mass is 291 g/mol. The first-order chi connectivity index (χ1) is 8.75.